The lowest BCUT2D eigenvalue weighted by Gasteiger charge is -2.07. The van der Waals surface area contributed by atoms with Crippen molar-refractivity contribution in [3.63, 3.8) is 0 Å². The molecule has 0 amide bonds. The zero-order valence-electron chi connectivity index (χ0n) is 9.43. The van der Waals surface area contributed by atoms with E-state index in [-0.39, 0.29) is 18.9 Å². The molecule has 0 aromatic heterocycles. The van der Waals surface area contributed by atoms with Crippen LogP contribution in [-0.2, 0) is 4.74 Å². The standard InChI is InChI=1S/C13H12O4/c1-2-3-4-9-11-8(13(14)17-9)5-6-10-12(11)16-7-15-10/h3-6,9H,2,7H2,1H3/b4-3+. The molecule has 1 aromatic rings. The van der Waals surface area contributed by atoms with Crippen LogP contribution in [0.3, 0.4) is 0 Å². The Morgan fingerprint density at radius 2 is 2.29 bits per heavy atom. The van der Waals surface area contributed by atoms with Crippen molar-refractivity contribution in [2.75, 3.05) is 6.79 Å². The number of hydrogen-bond acceptors (Lipinski definition) is 4. The highest BCUT2D eigenvalue weighted by Gasteiger charge is 2.36. The molecule has 1 unspecified atom stereocenters. The monoisotopic (exact) mass is 232 g/mol. The molecule has 1 atom stereocenters. The van der Waals surface area contributed by atoms with Crippen molar-refractivity contribution in [1.82, 2.24) is 0 Å². The third-order valence-corrected chi connectivity index (χ3v) is 2.86. The van der Waals surface area contributed by atoms with Crippen LogP contribution >= 0.6 is 0 Å². The Labute approximate surface area is 98.8 Å². The number of benzene rings is 1. The van der Waals surface area contributed by atoms with E-state index >= 15 is 0 Å². The molecule has 0 saturated carbocycles. The molecule has 2 heterocycles. The molecule has 2 aliphatic rings. The van der Waals surface area contributed by atoms with Gasteiger partial charge in [-0.15, -0.1) is 0 Å². The average molecular weight is 232 g/mol. The maximum absolute atomic E-state index is 11.7. The maximum Gasteiger partial charge on any atom is 0.339 e. The normalized spacial score (nSPS) is 20.8. The van der Waals surface area contributed by atoms with Gasteiger partial charge in [0.15, 0.2) is 11.5 Å². The number of allylic oxidation sites excluding steroid dienone is 1. The van der Waals surface area contributed by atoms with E-state index in [0.29, 0.717) is 17.1 Å². The van der Waals surface area contributed by atoms with Crippen LogP contribution in [0.4, 0.5) is 0 Å². The van der Waals surface area contributed by atoms with Crippen molar-refractivity contribution in [2.45, 2.75) is 19.4 Å². The predicted octanol–water partition coefficient (Wildman–Crippen LogP) is 2.59. The molecule has 0 N–H and O–H groups in total. The highest BCUT2D eigenvalue weighted by Crippen LogP contribution is 2.45. The number of hydrogen-bond donors (Lipinski definition) is 0. The highest BCUT2D eigenvalue weighted by atomic mass is 16.7. The molecule has 4 nitrogen and oxygen atoms in total. The lowest BCUT2D eigenvalue weighted by molar-refractivity contribution is 0.0465. The molecule has 0 bridgehead atoms. The fraction of sp³-hybridized carbons (Fsp3) is 0.308. The number of fused-ring (bicyclic) bond motifs is 3. The lowest BCUT2D eigenvalue weighted by Crippen LogP contribution is -1.97. The molecule has 0 aliphatic carbocycles. The second-order valence-electron chi connectivity index (χ2n) is 3.92. The zero-order valence-corrected chi connectivity index (χ0v) is 9.43. The fourth-order valence-electron chi connectivity index (χ4n) is 2.09. The van der Waals surface area contributed by atoms with Gasteiger partial charge in [0.2, 0.25) is 6.79 Å². The average Bonchev–Trinajstić information content (AvgIpc) is 2.91. The summed E-state index contributed by atoms with van der Waals surface area (Å²) in [6.07, 6.45) is 4.40. The molecular formula is C13H12O4. The fourth-order valence-corrected chi connectivity index (χ4v) is 2.09. The van der Waals surface area contributed by atoms with Crippen molar-refractivity contribution in [3.05, 3.63) is 35.4 Å². The van der Waals surface area contributed by atoms with Crippen molar-refractivity contribution < 1.29 is 19.0 Å². The largest absolute Gasteiger partial charge is 0.454 e. The molecular weight excluding hydrogens is 220 g/mol. The van der Waals surface area contributed by atoms with Crippen LogP contribution in [0.5, 0.6) is 11.5 Å². The minimum atomic E-state index is -0.353. The van der Waals surface area contributed by atoms with Gasteiger partial charge in [-0.3, -0.25) is 0 Å². The van der Waals surface area contributed by atoms with Crippen LogP contribution in [0, 0.1) is 0 Å². The summed E-state index contributed by atoms with van der Waals surface area (Å²) in [5, 5.41) is 0. The molecule has 88 valence electrons. The van der Waals surface area contributed by atoms with Gasteiger partial charge in [0, 0.05) is 0 Å². The van der Waals surface area contributed by atoms with Gasteiger partial charge < -0.3 is 14.2 Å². The van der Waals surface area contributed by atoms with Crippen LogP contribution < -0.4 is 9.47 Å². The number of ether oxygens (including phenoxy) is 3. The van der Waals surface area contributed by atoms with Gasteiger partial charge >= 0.3 is 5.97 Å². The first-order valence-corrected chi connectivity index (χ1v) is 5.61. The predicted molar refractivity (Wildman–Crippen MR) is 60.2 cm³/mol. The van der Waals surface area contributed by atoms with Crippen LogP contribution in [-0.4, -0.2) is 12.8 Å². The van der Waals surface area contributed by atoms with Crippen molar-refractivity contribution in [1.29, 1.82) is 0 Å². The van der Waals surface area contributed by atoms with Crippen LogP contribution in [0.25, 0.3) is 0 Å². The lowest BCUT2D eigenvalue weighted by atomic mass is 10.0. The molecule has 0 spiro atoms. The summed E-state index contributed by atoms with van der Waals surface area (Å²) in [5.74, 6) is 1.01. The summed E-state index contributed by atoms with van der Waals surface area (Å²) in [6, 6.07) is 3.47. The minimum absolute atomic E-state index is 0.199. The second kappa shape index (κ2) is 3.80. The molecule has 2 aliphatic heterocycles. The van der Waals surface area contributed by atoms with Crippen LogP contribution in [0.2, 0.25) is 0 Å². The molecule has 3 rings (SSSR count). The van der Waals surface area contributed by atoms with Crippen LogP contribution in [0.1, 0.15) is 35.4 Å². The van der Waals surface area contributed by atoms with Gasteiger partial charge in [0.05, 0.1) is 11.1 Å². The van der Waals surface area contributed by atoms with Crippen molar-refractivity contribution in [2.24, 2.45) is 0 Å². The second-order valence-corrected chi connectivity index (χ2v) is 3.92. The number of esters is 1. The molecule has 0 fully saturated rings. The molecule has 1 aromatic carbocycles. The van der Waals surface area contributed by atoms with Gasteiger partial charge in [-0.2, -0.15) is 0 Å². The summed E-state index contributed by atoms with van der Waals surface area (Å²) >= 11 is 0. The number of carbonyl (C=O) groups excluding carboxylic acids is 1. The first-order valence-electron chi connectivity index (χ1n) is 5.61. The zero-order chi connectivity index (χ0) is 11.8. The Bertz CT molecular complexity index is 504. The van der Waals surface area contributed by atoms with E-state index in [4.69, 9.17) is 14.2 Å². The third kappa shape index (κ3) is 1.48. The van der Waals surface area contributed by atoms with E-state index in [1.54, 1.807) is 12.1 Å². The van der Waals surface area contributed by atoms with Gasteiger partial charge in [-0.25, -0.2) is 4.79 Å². The topological polar surface area (TPSA) is 44.8 Å². The summed E-state index contributed by atoms with van der Waals surface area (Å²) in [5.41, 5.74) is 1.36. The Kier molecular flexibility index (Phi) is 2.28. The molecule has 0 radical (unpaired) electrons. The molecule has 17 heavy (non-hydrogen) atoms. The third-order valence-electron chi connectivity index (χ3n) is 2.86. The van der Waals surface area contributed by atoms with Gasteiger partial charge in [-0.05, 0) is 24.6 Å². The first kappa shape index (κ1) is 10.2. The minimum Gasteiger partial charge on any atom is -0.454 e. The van der Waals surface area contributed by atoms with E-state index in [1.807, 2.05) is 19.1 Å². The summed E-state index contributed by atoms with van der Waals surface area (Å²) < 4.78 is 16.0. The Hall–Kier alpha value is -1.97. The van der Waals surface area contributed by atoms with E-state index in [0.717, 1.165) is 12.0 Å². The summed E-state index contributed by atoms with van der Waals surface area (Å²) in [4.78, 5) is 11.7. The number of rotatable bonds is 2. The van der Waals surface area contributed by atoms with Gasteiger partial charge in [0.1, 0.15) is 6.10 Å². The smallest absolute Gasteiger partial charge is 0.339 e. The van der Waals surface area contributed by atoms with E-state index in [2.05, 4.69) is 0 Å². The van der Waals surface area contributed by atoms with Gasteiger partial charge in [-0.1, -0.05) is 13.0 Å². The van der Waals surface area contributed by atoms with Crippen molar-refractivity contribution >= 4 is 5.97 Å². The van der Waals surface area contributed by atoms with E-state index < -0.39 is 0 Å². The number of cyclic esters (lactones) is 1. The SMILES string of the molecule is CC/C=C/C1OC(=O)c2ccc3c(c21)OCO3. The van der Waals surface area contributed by atoms with Gasteiger partial charge in [0.25, 0.3) is 0 Å². The Balaban J connectivity index is 2.10. The Morgan fingerprint density at radius 3 is 3.12 bits per heavy atom. The maximum atomic E-state index is 11.7. The van der Waals surface area contributed by atoms with Crippen molar-refractivity contribution in [3.8, 4) is 11.5 Å². The summed E-state index contributed by atoms with van der Waals surface area (Å²) in [7, 11) is 0. The highest BCUT2D eigenvalue weighted by molar-refractivity contribution is 5.96. The summed E-state index contributed by atoms with van der Waals surface area (Å²) in [6.45, 7) is 2.23. The quantitative estimate of drug-likeness (QED) is 0.580. The van der Waals surface area contributed by atoms with E-state index in [9.17, 15) is 4.79 Å². The molecule has 4 heteroatoms. The molecule has 0 saturated heterocycles. The Morgan fingerprint density at radius 1 is 1.41 bits per heavy atom. The first-order chi connectivity index (χ1) is 8.31. The van der Waals surface area contributed by atoms with E-state index in [1.165, 1.54) is 0 Å². The van der Waals surface area contributed by atoms with Crippen LogP contribution in [0.15, 0.2) is 24.3 Å². The number of carbonyl (C=O) groups is 1.